The topological polar surface area (TPSA) is 52.6 Å². The number of amides is 2. The summed E-state index contributed by atoms with van der Waals surface area (Å²) in [7, 11) is 0. The average molecular weight is 308 g/mol. The molecule has 2 amide bonds. The maximum atomic E-state index is 13.0. The number of urea groups is 1. The largest absolute Gasteiger partial charge is 0.391 e. The lowest BCUT2D eigenvalue weighted by Gasteiger charge is -2.32. The fraction of sp³-hybridized carbons (Fsp3) is 0.588. The van der Waals surface area contributed by atoms with Crippen LogP contribution in [0.1, 0.15) is 32.3 Å². The number of nitrogens with zero attached hydrogens (tertiary/aromatic N) is 1. The van der Waals surface area contributed by atoms with Gasteiger partial charge in [0, 0.05) is 19.1 Å². The smallest absolute Gasteiger partial charge is 0.317 e. The molecule has 0 saturated carbocycles. The predicted molar refractivity (Wildman–Crippen MR) is 84.1 cm³/mol. The zero-order chi connectivity index (χ0) is 16.1. The first-order chi connectivity index (χ1) is 10.5. The molecule has 1 aromatic rings. The van der Waals surface area contributed by atoms with Crippen molar-refractivity contribution in [2.45, 2.75) is 45.3 Å². The van der Waals surface area contributed by atoms with E-state index in [4.69, 9.17) is 0 Å². The Morgan fingerprint density at radius 2 is 2.09 bits per heavy atom. The van der Waals surface area contributed by atoms with Crippen LogP contribution in [-0.2, 0) is 6.42 Å². The van der Waals surface area contributed by atoms with E-state index in [2.05, 4.69) is 19.2 Å². The molecule has 2 rings (SSSR count). The lowest BCUT2D eigenvalue weighted by molar-refractivity contribution is 0.0826. The Morgan fingerprint density at radius 3 is 2.68 bits per heavy atom. The van der Waals surface area contributed by atoms with Gasteiger partial charge in [-0.3, -0.25) is 0 Å². The van der Waals surface area contributed by atoms with Crippen LogP contribution in [0, 0.1) is 11.7 Å². The second kappa shape index (κ2) is 7.58. The second-order valence-corrected chi connectivity index (χ2v) is 6.37. The van der Waals surface area contributed by atoms with Crippen LogP contribution in [-0.4, -0.2) is 41.3 Å². The summed E-state index contributed by atoms with van der Waals surface area (Å²) in [6.45, 7) is 5.19. The van der Waals surface area contributed by atoms with Gasteiger partial charge < -0.3 is 15.3 Å². The van der Waals surface area contributed by atoms with Gasteiger partial charge in [-0.1, -0.05) is 26.0 Å². The summed E-state index contributed by atoms with van der Waals surface area (Å²) in [4.78, 5) is 14.0. The number of nitrogens with one attached hydrogen (secondary N) is 1. The van der Waals surface area contributed by atoms with E-state index < -0.39 is 6.10 Å². The van der Waals surface area contributed by atoms with E-state index in [9.17, 15) is 14.3 Å². The Hall–Kier alpha value is -1.62. The number of benzene rings is 1. The Morgan fingerprint density at radius 1 is 1.41 bits per heavy atom. The number of hydrogen-bond acceptors (Lipinski definition) is 2. The lowest BCUT2D eigenvalue weighted by atomic mass is 9.96. The number of carbonyl (C=O) groups excluding carboxylic acids is 1. The number of likely N-dealkylation sites (tertiary alicyclic amines) is 1. The summed E-state index contributed by atoms with van der Waals surface area (Å²) in [5.41, 5.74) is 0.999. The standard InChI is InChI=1S/C17H25FN2O2/c1-12(2)16(10-13-5-7-14(18)8-6-13)19-17(22)20-9-3-4-15(21)11-20/h5-8,12,15-16,21H,3-4,9-11H2,1-2H3,(H,19,22)/t15-,16+/m0/s1. The predicted octanol–water partition coefficient (Wildman–Crippen LogP) is 2.56. The van der Waals surface area contributed by atoms with Crippen LogP contribution in [0.15, 0.2) is 24.3 Å². The van der Waals surface area contributed by atoms with E-state index in [1.54, 1.807) is 17.0 Å². The lowest BCUT2D eigenvalue weighted by Crippen LogP contribution is -2.51. The van der Waals surface area contributed by atoms with E-state index in [1.165, 1.54) is 12.1 Å². The van der Waals surface area contributed by atoms with Gasteiger partial charge in [-0.25, -0.2) is 9.18 Å². The maximum absolute atomic E-state index is 13.0. The molecule has 1 fully saturated rings. The van der Waals surface area contributed by atoms with E-state index in [0.29, 0.717) is 19.5 Å². The van der Waals surface area contributed by atoms with Crippen molar-refractivity contribution in [1.82, 2.24) is 10.2 Å². The Labute approximate surface area is 131 Å². The molecule has 0 aromatic heterocycles. The summed E-state index contributed by atoms with van der Waals surface area (Å²) >= 11 is 0. The summed E-state index contributed by atoms with van der Waals surface area (Å²) in [6.07, 6.45) is 1.83. The van der Waals surface area contributed by atoms with Gasteiger partial charge in [0.25, 0.3) is 0 Å². The van der Waals surface area contributed by atoms with Gasteiger partial charge in [-0.15, -0.1) is 0 Å². The molecule has 0 radical (unpaired) electrons. The highest BCUT2D eigenvalue weighted by Gasteiger charge is 2.25. The molecule has 1 saturated heterocycles. The molecule has 0 spiro atoms. The highest BCUT2D eigenvalue weighted by atomic mass is 19.1. The Balaban J connectivity index is 1.96. The number of hydrogen-bond donors (Lipinski definition) is 2. The molecule has 4 nitrogen and oxygen atoms in total. The third kappa shape index (κ3) is 4.70. The normalized spacial score (nSPS) is 20.0. The number of aliphatic hydroxyl groups excluding tert-OH is 1. The minimum absolute atomic E-state index is 0.0166. The van der Waals surface area contributed by atoms with Crippen molar-refractivity contribution in [2.75, 3.05) is 13.1 Å². The minimum atomic E-state index is -0.422. The SMILES string of the molecule is CC(C)[C@@H](Cc1ccc(F)cc1)NC(=O)N1CCC[C@H](O)C1. The van der Waals surface area contributed by atoms with Crippen molar-refractivity contribution in [2.24, 2.45) is 5.92 Å². The van der Waals surface area contributed by atoms with Crippen molar-refractivity contribution in [3.8, 4) is 0 Å². The highest BCUT2D eigenvalue weighted by Crippen LogP contribution is 2.14. The number of β-amino-alcohol motifs (C(OH)–C–C–N with tert-alkyl or cyclic N) is 1. The zero-order valence-corrected chi connectivity index (χ0v) is 13.3. The molecule has 1 aliphatic heterocycles. The number of piperidine rings is 1. The second-order valence-electron chi connectivity index (χ2n) is 6.37. The molecule has 5 heteroatoms. The van der Waals surface area contributed by atoms with E-state index in [0.717, 1.165) is 18.4 Å². The Bertz CT molecular complexity index is 490. The number of halogens is 1. The van der Waals surface area contributed by atoms with Gasteiger partial charge in [-0.2, -0.15) is 0 Å². The van der Waals surface area contributed by atoms with Crippen molar-refractivity contribution >= 4 is 6.03 Å². The number of rotatable bonds is 4. The van der Waals surface area contributed by atoms with Crippen LogP contribution in [0.2, 0.25) is 0 Å². The van der Waals surface area contributed by atoms with Gasteiger partial charge in [0.2, 0.25) is 0 Å². The number of aliphatic hydroxyl groups is 1. The summed E-state index contributed by atoms with van der Waals surface area (Å²) in [5.74, 6) is 0.0138. The average Bonchev–Trinajstić information content (AvgIpc) is 2.48. The van der Waals surface area contributed by atoms with E-state index >= 15 is 0 Å². The van der Waals surface area contributed by atoms with Crippen LogP contribution in [0.5, 0.6) is 0 Å². The first-order valence-electron chi connectivity index (χ1n) is 7.93. The Kier molecular flexibility index (Phi) is 5.77. The molecule has 2 atom stereocenters. The van der Waals surface area contributed by atoms with Crippen LogP contribution in [0.25, 0.3) is 0 Å². The van der Waals surface area contributed by atoms with Crippen LogP contribution < -0.4 is 5.32 Å². The van der Waals surface area contributed by atoms with E-state index in [1.807, 2.05) is 0 Å². The molecular weight excluding hydrogens is 283 g/mol. The maximum Gasteiger partial charge on any atom is 0.317 e. The van der Waals surface area contributed by atoms with Gasteiger partial charge in [0.15, 0.2) is 0 Å². The fourth-order valence-electron chi connectivity index (χ4n) is 2.72. The van der Waals surface area contributed by atoms with Crippen LogP contribution in [0.3, 0.4) is 0 Å². The van der Waals surface area contributed by atoms with Gasteiger partial charge in [0.1, 0.15) is 5.82 Å². The molecule has 1 aliphatic rings. The molecule has 0 unspecified atom stereocenters. The first kappa shape index (κ1) is 16.7. The van der Waals surface area contributed by atoms with Gasteiger partial charge in [0.05, 0.1) is 6.10 Å². The molecule has 0 bridgehead atoms. The van der Waals surface area contributed by atoms with Gasteiger partial charge >= 0.3 is 6.03 Å². The van der Waals surface area contributed by atoms with Crippen molar-refractivity contribution in [1.29, 1.82) is 0 Å². The first-order valence-corrected chi connectivity index (χ1v) is 7.93. The summed E-state index contributed by atoms with van der Waals surface area (Å²) in [5, 5.41) is 12.7. The van der Waals surface area contributed by atoms with Crippen molar-refractivity contribution < 1.29 is 14.3 Å². The zero-order valence-electron chi connectivity index (χ0n) is 13.3. The van der Waals surface area contributed by atoms with Crippen LogP contribution >= 0.6 is 0 Å². The summed E-state index contributed by atoms with van der Waals surface area (Å²) in [6, 6.07) is 6.24. The minimum Gasteiger partial charge on any atom is -0.391 e. The molecular formula is C17H25FN2O2. The third-order valence-electron chi connectivity index (χ3n) is 4.17. The fourth-order valence-corrected chi connectivity index (χ4v) is 2.72. The quantitative estimate of drug-likeness (QED) is 0.898. The van der Waals surface area contributed by atoms with Crippen molar-refractivity contribution in [3.63, 3.8) is 0 Å². The number of carbonyl (C=O) groups is 1. The van der Waals surface area contributed by atoms with Crippen molar-refractivity contribution in [3.05, 3.63) is 35.6 Å². The van der Waals surface area contributed by atoms with Crippen LogP contribution in [0.4, 0.5) is 9.18 Å². The molecule has 122 valence electrons. The molecule has 2 N–H and O–H groups in total. The highest BCUT2D eigenvalue weighted by molar-refractivity contribution is 5.74. The molecule has 22 heavy (non-hydrogen) atoms. The molecule has 1 heterocycles. The third-order valence-corrected chi connectivity index (χ3v) is 4.17. The van der Waals surface area contributed by atoms with E-state index in [-0.39, 0.29) is 23.8 Å². The molecule has 1 aromatic carbocycles. The molecule has 0 aliphatic carbocycles. The monoisotopic (exact) mass is 308 g/mol. The summed E-state index contributed by atoms with van der Waals surface area (Å²) < 4.78 is 13.0. The van der Waals surface area contributed by atoms with Gasteiger partial charge in [-0.05, 0) is 42.9 Å².